The first-order valence-electron chi connectivity index (χ1n) is 8.46. The molecule has 1 aromatic rings. The normalized spacial score (nSPS) is 15.2. The van der Waals surface area contributed by atoms with Crippen LogP contribution in [0.3, 0.4) is 0 Å². The smallest absolute Gasteiger partial charge is 0.251 e. The van der Waals surface area contributed by atoms with Crippen LogP contribution >= 0.6 is 0 Å². The molecule has 0 spiro atoms. The average Bonchev–Trinajstić information content (AvgIpc) is 2.97. The van der Waals surface area contributed by atoms with Crippen molar-refractivity contribution in [2.75, 3.05) is 13.1 Å². The number of carbonyl (C=O) groups is 3. The molecule has 6 heteroatoms. The molecule has 1 fully saturated rings. The molecule has 3 amide bonds. The molecule has 1 aromatic carbocycles. The summed E-state index contributed by atoms with van der Waals surface area (Å²) in [6.07, 6.45) is 2.34. The van der Waals surface area contributed by atoms with Crippen LogP contribution in [0.25, 0.3) is 0 Å². The third kappa shape index (κ3) is 4.81. The Morgan fingerprint density at radius 3 is 2.79 bits per heavy atom. The number of carbonyl (C=O) groups excluding carboxylic acids is 3. The van der Waals surface area contributed by atoms with Crippen LogP contribution < -0.4 is 10.6 Å². The molecule has 0 saturated carbocycles. The Morgan fingerprint density at radius 2 is 2.12 bits per heavy atom. The molecule has 2 rings (SSSR count). The van der Waals surface area contributed by atoms with E-state index in [1.807, 2.05) is 13.0 Å². The Hall–Kier alpha value is -2.37. The maximum absolute atomic E-state index is 12.3. The first kappa shape index (κ1) is 18.0. The number of nitrogens with one attached hydrogen (secondary N) is 2. The zero-order valence-electron chi connectivity index (χ0n) is 14.3. The van der Waals surface area contributed by atoms with Gasteiger partial charge in [-0.1, -0.05) is 19.1 Å². The van der Waals surface area contributed by atoms with Gasteiger partial charge in [0.2, 0.25) is 11.8 Å². The van der Waals surface area contributed by atoms with E-state index in [0.29, 0.717) is 25.1 Å². The van der Waals surface area contributed by atoms with Crippen molar-refractivity contribution in [2.24, 2.45) is 0 Å². The highest BCUT2D eigenvalue weighted by Gasteiger charge is 2.21. The SMILES string of the molecule is CCCNC(=O)[C@H](C)NC(=O)c1cccc(CN2CCCC2=O)c1. The molecule has 130 valence electrons. The summed E-state index contributed by atoms with van der Waals surface area (Å²) in [5.74, 6) is -0.321. The van der Waals surface area contributed by atoms with Crippen LogP contribution in [0.15, 0.2) is 24.3 Å². The molecule has 0 aromatic heterocycles. The van der Waals surface area contributed by atoms with E-state index < -0.39 is 6.04 Å². The highest BCUT2D eigenvalue weighted by molar-refractivity contribution is 5.97. The van der Waals surface area contributed by atoms with Crippen molar-refractivity contribution in [3.8, 4) is 0 Å². The minimum Gasteiger partial charge on any atom is -0.354 e. The van der Waals surface area contributed by atoms with Gasteiger partial charge in [-0.3, -0.25) is 14.4 Å². The standard InChI is InChI=1S/C18H25N3O3/c1-3-9-19-17(23)13(2)20-18(24)15-7-4-6-14(11-15)12-21-10-5-8-16(21)22/h4,6-7,11,13H,3,5,8-10,12H2,1-2H3,(H,19,23)(H,20,24)/t13-/m0/s1. The summed E-state index contributed by atoms with van der Waals surface area (Å²) in [6, 6.07) is 6.60. The van der Waals surface area contributed by atoms with E-state index in [0.717, 1.165) is 24.9 Å². The van der Waals surface area contributed by atoms with Gasteiger partial charge in [0.05, 0.1) is 0 Å². The second-order valence-corrected chi connectivity index (χ2v) is 6.11. The summed E-state index contributed by atoms with van der Waals surface area (Å²) in [7, 11) is 0. The highest BCUT2D eigenvalue weighted by atomic mass is 16.2. The molecule has 0 bridgehead atoms. The molecular formula is C18H25N3O3. The van der Waals surface area contributed by atoms with Crippen molar-refractivity contribution in [1.82, 2.24) is 15.5 Å². The first-order chi connectivity index (χ1) is 11.5. The highest BCUT2D eigenvalue weighted by Crippen LogP contribution is 2.15. The van der Waals surface area contributed by atoms with Gasteiger partial charge in [0, 0.05) is 31.6 Å². The summed E-state index contributed by atoms with van der Waals surface area (Å²) in [5, 5.41) is 5.46. The zero-order chi connectivity index (χ0) is 17.5. The van der Waals surface area contributed by atoms with Gasteiger partial charge in [-0.2, -0.15) is 0 Å². The molecule has 0 aliphatic carbocycles. The van der Waals surface area contributed by atoms with E-state index in [4.69, 9.17) is 0 Å². The van der Waals surface area contributed by atoms with Crippen molar-refractivity contribution < 1.29 is 14.4 Å². The van der Waals surface area contributed by atoms with Crippen LogP contribution in [0.4, 0.5) is 0 Å². The van der Waals surface area contributed by atoms with Crippen LogP contribution in [-0.4, -0.2) is 41.8 Å². The van der Waals surface area contributed by atoms with Gasteiger partial charge in [-0.25, -0.2) is 0 Å². The largest absolute Gasteiger partial charge is 0.354 e. The summed E-state index contributed by atoms with van der Waals surface area (Å²) >= 11 is 0. The van der Waals surface area contributed by atoms with Gasteiger partial charge in [0.25, 0.3) is 5.91 Å². The predicted molar refractivity (Wildman–Crippen MR) is 91.3 cm³/mol. The summed E-state index contributed by atoms with van der Waals surface area (Å²) in [5.41, 5.74) is 1.41. The van der Waals surface area contributed by atoms with Gasteiger partial charge in [0.15, 0.2) is 0 Å². The fourth-order valence-electron chi connectivity index (χ4n) is 2.65. The van der Waals surface area contributed by atoms with Crippen LogP contribution in [0.2, 0.25) is 0 Å². The lowest BCUT2D eigenvalue weighted by atomic mass is 10.1. The molecule has 0 radical (unpaired) electrons. The maximum Gasteiger partial charge on any atom is 0.251 e. The average molecular weight is 331 g/mol. The molecule has 1 saturated heterocycles. The molecule has 1 aliphatic rings. The monoisotopic (exact) mass is 331 g/mol. The molecule has 1 atom stereocenters. The predicted octanol–water partition coefficient (Wildman–Crippen LogP) is 1.45. The second-order valence-electron chi connectivity index (χ2n) is 6.11. The summed E-state index contributed by atoms with van der Waals surface area (Å²) in [6.45, 7) is 5.52. The quantitative estimate of drug-likeness (QED) is 0.794. The third-order valence-corrected chi connectivity index (χ3v) is 4.02. The minimum absolute atomic E-state index is 0.158. The maximum atomic E-state index is 12.3. The first-order valence-corrected chi connectivity index (χ1v) is 8.46. The molecule has 1 aliphatic heterocycles. The van der Waals surface area contributed by atoms with Gasteiger partial charge in [-0.05, 0) is 37.5 Å². The Labute approximate surface area is 142 Å². The number of hydrogen-bond acceptors (Lipinski definition) is 3. The van der Waals surface area contributed by atoms with E-state index in [1.54, 1.807) is 30.0 Å². The Bertz CT molecular complexity index is 615. The molecule has 2 N–H and O–H groups in total. The van der Waals surface area contributed by atoms with Gasteiger partial charge in [-0.15, -0.1) is 0 Å². The molecule has 24 heavy (non-hydrogen) atoms. The number of benzene rings is 1. The van der Waals surface area contributed by atoms with Gasteiger partial charge >= 0.3 is 0 Å². The lowest BCUT2D eigenvalue weighted by Crippen LogP contribution is -2.45. The van der Waals surface area contributed by atoms with Crippen molar-refractivity contribution in [1.29, 1.82) is 0 Å². The Balaban J connectivity index is 1.95. The van der Waals surface area contributed by atoms with E-state index in [1.165, 1.54) is 0 Å². The van der Waals surface area contributed by atoms with E-state index in [9.17, 15) is 14.4 Å². The van der Waals surface area contributed by atoms with Crippen molar-refractivity contribution in [3.05, 3.63) is 35.4 Å². The van der Waals surface area contributed by atoms with E-state index in [2.05, 4.69) is 10.6 Å². The lowest BCUT2D eigenvalue weighted by molar-refractivity contribution is -0.128. The summed E-state index contributed by atoms with van der Waals surface area (Å²) < 4.78 is 0. The number of nitrogens with zero attached hydrogens (tertiary/aromatic N) is 1. The van der Waals surface area contributed by atoms with Crippen molar-refractivity contribution in [3.63, 3.8) is 0 Å². The van der Waals surface area contributed by atoms with Crippen LogP contribution in [0.5, 0.6) is 0 Å². The molecular weight excluding hydrogens is 306 g/mol. The Morgan fingerprint density at radius 1 is 1.33 bits per heavy atom. The van der Waals surface area contributed by atoms with E-state index in [-0.39, 0.29) is 17.7 Å². The lowest BCUT2D eigenvalue weighted by Gasteiger charge is -2.17. The molecule has 1 heterocycles. The van der Waals surface area contributed by atoms with Gasteiger partial charge in [0.1, 0.15) is 6.04 Å². The Kier molecular flexibility index (Phi) is 6.35. The van der Waals surface area contributed by atoms with Crippen LogP contribution in [0.1, 0.15) is 49.0 Å². The van der Waals surface area contributed by atoms with E-state index >= 15 is 0 Å². The van der Waals surface area contributed by atoms with Crippen LogP contribution in [0, 0.1) is 0 Å². The van der Waals surface area contributed by atoms with Crippen molar-refractivity contribution >= 4 is 17.7 Å². The summed E-state index contributed by atoms with van der Waals surface area (Å²) in [4.78, 5) is 37.7. The number of hydrogen-bond donors (Lipinski definition) is 2. The van der Waals surface area contributed by atoms with Gasteiger partial charge < -0.3 is 15.5 Å². The fourth-order valence-corrected chi connectivity index (χ4v) is 2.65. The second kappa shape index (κ2) is 8.47. The zero-order valence-corrected chi connectivity index (χ0v) is 14.3. The fraction of sp³-hybridized carbons (Fsp3) is 0.500. The topological polar surface area (TPSA) is 78.5 Å². The van der Waals surface area contributed by atoms with Crippen molar-refractivity contribution in [2.45, 2.75) is 45.7 Å². The minimum atomic E-state index is -0.590. The van der Waals surface area contributed by atoms with Crippen LogP contribution in [-0.2, 0) is 16.1 Å². The number of likely N-dealkylation sites (tertiary alicyclic amines) is 1. The number of amides is 3. The number of rotatable bonds is 7. The molecule has 6 nitrogen and oxygen atoms in total. The third-order valence-electron chi connectivity index (χ3n) is 4.02. The molecule has 0 unspecified atom stereocenters.